The summed E-state index contributed by atoms with van der Waals surface area (Å²) in [6.45, 7) is 6.46. The Hall–Kier alpha value is -3.27. The van der Waals surface area contributed by atoms with E-state index in [1.807, 2.05) is 44.2 Å². The van der Waals surface area contributed by atoms with E-state index in [1.165, 1.54) is 11.8 Å². The molecule has 0 bridgehead atoms. The first kappa shape index (κ1) is 28.3. The first-order chi connectivity index (χ1) is 17.8. The molecule has 0 aromatic heterocycles. The maximum Gasteiger partial charge on any atom is 0.244 e. The quantitative estimate of drug-likeness (QED) is 0.426. The van der Waals surface area contributed by atoms with Crippen LogP contribution in [0.25, 0.3) is 0 Å². The molecule has 0 saturated heterocycles. The number of sulfonamides is 1. The summed E-state index contributed by atoms with van der Waals surface area (Å²) in [7, 11) is -3.81. The van der Waals surface area contributed by atoms with E-state index in [4.69, 9.17) is 9.47 Å². The number of fused-ring (bicyclic) bond motifs is 1. The van der Waals surface area contributed by atoms with Crippen LogP contribution in [0, 0.1) is 0 Å². The van der Waals surface area contributed by atoms with E-state index in [-0.39, 0.29) is 18.2 Å². The Morgan fingerprint density at radius 1 is 1.00 bits per heavy atom. The fraction of sp³-hybridized carbons (Fsp3) is 0.481. The van der Waals surface area contributed by atoms with E-state index in [1.54, 1.807) is 18.2 Å². The molecular weight excluding hydrogens is 494 g/mol. The molecule has 2 aromatic carbocycles. The average Bonchev–Trinajstić information content (AvgIpc) is 2.92. The maximum atomic E-state index is 13.8. The van der Waals surface area contributed by atoms with Gasteiger partial charge in [0, 0.05) is 19.2 Å². The van der Waals surface area contributed by atoms with Crippen LogP contribution in [0.1, 0.15) is 39.2 Å². The van der Waals surface area contributed by atoms with Crippen molar-refractivity contribution in [3.63, 3.8) is 0 Å². The normalized spacial score (nSPS) is 13.5. The lowest BCUT2D eigenvalue weighted by Crippen LogP contribution is -2.53. The molecule has 0 saturated carbocycles. The summed E-state index contributed by atoms with van der Waals surface area (Å²) >= 11 is 0. The SMILES string of the molecule is CCCNC(=O)C(CC)N(CCc1ccccc1)C(=O)CN(c1ccc2c(c1)OCCO2)S(=O)(=O)CC. The third-order valence-corrected chi connectivity index (χ3v) is 7.95. The van der Waals surface area contributed by atoms with E-state index in [0.717, 1.165) is 16.3 Å². The van der Waals surface area contributed by atoms with E-state index in [9.17, 15) is 18.0 Å². The summed E-state index contributed by atoms with van der Waals surface area (Å²) < 4.78 is 38.5. The molecule has 1 N–H and O–H groups in total. The molecule has 37 heavy (non-hydrogen) atoms. The summed E-state index contributed by atoms with van der Waals surface area (Å²) in [5, 5.41) is 2.88. The monoisotopic (exact) mass is 531 g/mol. The zero-order valence-corrected chi connectivity index (χ0v) is 22.6. The van der Waals surface area contributed by atoms with Crippen LogP contribution in [-0.2, 0) is 26.0 Å². The summed E-state index contributed by atoms with van der Waals surface area (Å²) in [5.41, 5.74) is 1.33. The molecule has 2 aromatic rings. The van der Waals surface area contributed by atoms with Crippen molar-refractivity contribution in [1.29, 1.82) is 0 Å². The van der Waals surface area contributed by atoms with Gasteiger partial charge in [0.2, 0.25) is 21.8 Å². The second-order valence-corrected chi connectivity index (χ2v) is 11.0. The van der Waals surface area contributed by atoms with Crippen molar-refractivity contribution < 1.29 is 27.5 Å². The van der Waals surface area contributed by atoms with Gasteiger partial charge in [-0.2, -0.15) is 0 Å². The standard InChI is InChI=1S/C27H37N3O6S/c1-4-15-28-27(32)23(5-2)29(16-14-21-10-8-7-9-11-21)26(31)20-30(37(33,34)6-3)22-12-13-24-25(19-22)36-18-17-35-24/h7-13,19,23H,4-6,14-18,20H2,1-3H3,(H,28,32). The fourth-order valence-corrected chi connectivity index (χ4v) is 5.22. The highest BCUT2D eigenvalue weighted by Crippen LogP contribution is 2.35. The second kappa shape index (κ2) is 13.3. The van der Waals surface area contributed by atoms with Crippen LogP contribution in [0.3, 0.4) is 0 Å². The molecule has 9 nitrogen and oxygen atoms in total. The molecule has 1 heterocycles. The average molecular weight is 532 g/mol. The molecule has 3 rings (SSSR count). The van der Waals surface area contributed by atoms with Gasteiger partial charge in [-0.05, 0) is 43.9 Å². The third kappa shape index (κ3) is 7.38. The van der Waals surface area contributed by atoms with Gasteiger partial charge in [-0.15, -0.1) is 0 Å². The Bertz CT molecular complexity index is 1160. The Morgan fingerprint density at radius 2 is 1.70 bits per heavy atom. The van der Waals surface area contributed by atoms with Gasteiger partial charge in [0.15, 0.2) is 11.5 Å². The van der Waals surface area contributed by atoms with Gasteiger partial charge in [-0.3, -0.25) is 13.9 Å². The van der Waals surface area contributed by atoms with Crippen LogP contribution >= 0.6 is 0 Å². The van der Waals surface area contributed by atoms with Crippen LogP contribution in [-0.4, -0.2) is 69.8 Å². The molecule has 1 unspecified atom stereocenters. The number of carbonyl (C=O) groups excluding carboxylic acids is 2. The van der Waals surface area contributed by atoms with E-state index in [2.05, 4.69) is 5.32 Å². The Kier molecular flexibility index (Phi) is 10.2. The number of hydrogen-bond acceptors (Lipinski definition) is 6. The number of hydrogen-bond donors (Lipinski definition) is 1. The number of rotatable bonds is 13. The largest absolute Gasteiger partial charge is 0.486 e. The van der Waals surface area contributed by atoms with Gasteiger partial charge in [-0.1, -0.05) is 44.2 Å². The highest BCUT2D eigenvalue weighted by atomic mass is 32.2. The minimum Gasteiger partial charge on any atom is -0.486 e. The lowest BCUT2D eigenvalue weighted by molar-refractivity contribution is -0.139. The van der Waals surface area contributed by atoms with Crippen LogP contribution in [0.5, 0.6) is 11.5 Å². The summed E-state index contributed by atoms with van der Waals surface area (Å²) in [5.74, 6) is 0.0841. The fourth-order valence-electron chi connectivity index (χ4n) is 4.17. The molecule has 0 aliphatic carbocycles. The molecule has 10 heteroatoms. The summed E-state index contributed by atoms with van der Waals surface area (Å²) in [6, 6.07) is 13.8. The van der Waals surface area contributed by atoms with Crippen LogP contribution < -0.4 is 19.1 Å². The van der Waals surface area contributed by atoms with E-state index >= 15 is 0 Å². The first-order valence-corrected chi connectivity index (χ1v) is 14.4. The van der Waals surface area contributed by atoms with E-state index in [0.29, 0.717) is 49.8 Å². The van der Waals surface area contributed by atoms with Gasteiger partial charge >= 0.3 is 0 Å². The van der Waals surface area contributed by atoms with Crippen molar-refractivity contribution >= 4 is 27.5 Å². The lowest BCUT2D eigenvalue weighted by atomic mass is 10.1. The maximum absolute atomic E-state index is 13.8. The Balaban J connectivity index is 1.91. The third-order valence-electron chi connectivity index (χ3n) is 6.21. The molecule has 202 valence electrons. The van der Waals surface area contributed by atoms with Crippen molar-refractivity contribution in [1.82, 2.24) is 10.2 Å². The van der Waals surface area contributed by atoms with Gasteiger partial charge in [0.25, 0.3) is 0 Å². The minimum absolute atomic E-state index is 0.188. The molecule has 1 atom stereocenters. The predicted molar refractivity (Wildman–Crippen MR) is 143 cm³/mol. The zero-order chi connectivity index (χ0) is 26.8. The highest BCUT2D eigenvalue weighted by molar-refractivity contribution is 7.92. The van der Waals surface area contributed by atoms with Gasteiger partial charge in [0.05, 0.1) is 11.4 Å². The van der Waals surface area contributed by atoms with Crippen LogP contribution in [0.2, 0.25) is 0 Å². The molecule has 2 amide bonds. The number of nitrogens with zero attached hydrogens (tertiary/aromatic N) is 2. The Labute approximate surface area is 219 Å². The number of amides is 2. The van der Waals surface area contributed by atoms with Crippen molar-refractivity contribution in [2.24, 2.45) is 0 Å². The summed E-state index contributed by atoms with van der Waals surface area (Å²) in [4.78, 5) is 28.3. The molecule has 1 aliphatic rings. The molecule has 0 fully saturated rings. The van der Waals surface area contributed by atoms with Gasteiger partial charge in [-0.25, -0.2) is 8.42 Å². The molecule has 1 aliphatic heterocycles. The number of benzene rings is 2. The number of nitrogens with one attached hydrogen (secondary N) is 1. The minimum atomic E-state index is -3.81. The first-order valence-electron chi connectivity index (χ1n) is 12.8. The predicted octanol–water partition coefficient (Wildman–Crippen LogP) is 2.99. The van der Waals surface area contributed by atoms with Gasteiger partial charge < -0.3 is 19.7 Å². The Morgan fingerprint density at radius 3 is 2.35 bits per heavy atom. The zero-order valence-electron chi connectivity index (χ0n) is 21.8. The lowest BCUT2D eigenvalue weighted by Gasteiger charge is -2.33. The van der Waals surface area contributed by atoms with E-state index < -0.39 is 28.5 Å². The number of anilines is 1. The van der Waals surface area contributed by atoms with Crippen LogP contribution in [0.4, 0.5) is 5.69 Å². The van der Waals surface area contributed by atoms with Crippen molar-refractivity contribution in [2.75, 3.05) is 42.9 Å². The second-order valence-electron chi connectivity index (χ2n) is 8.77. The smallest absolute Gasteiger partial charge is 0.244 e. The van der Waals surface area contributed by atoms with Crippen LogP contribution in [0.15, 0.2) is 48.5 Å². The van der Waals surface area contributed by atoms with Crippen molar-refractivity contribution in [3.05, 3.63) is 54.1 Å². The topological polar surface area (TPSA) is 105 Å². The molecular formula is C27H37N3O6S. The number of carbonyl (C=O) groups is 2. The summed E-state index contributed by atoms with van der Waals surface area (Å²) in [6.07, 6.45) is 1.71. The number of ether oxygens (including phenoxy) is 2. The molecule has 0 spiro atoms. The van der Waals surface area contributed by atoms with Gasteiger partial charge in [0.1, 0.15) is 25.8 Å². The van der Waals surface area contributed by atoms with Crippen molar-refractivity contribution in [2.45, 2.75) is 46.1 Å². The highest BCUT2D eigenvalue weighted by Gasteiger charge is 2.32. The molecule has 0 radical (unpaired) electrons. The van der Waals surface area contributed by atoms with Crippen molar-refractivity contribution in [3.8, 4) is 11.5 Å².